The monoisotopic (exact) mass is 702 g/mol. The van der Waals surface area contributed by atoms with E-state index in [4.69, 9.17) is 0 Å². The molecule has 4 aromatic rings. The van der Waals surface area contributed by atoms with Crippen molar-refractivity contribution in [2.75, 3.05) is 0 Å². The topological polar surface area (TPSA) is 62.8 Å². The van der Waals surface area contributed by atoms with E-state index in [1.807, 2.05) is 51.1 Å². The summed E-state index contributed by atoms with van der Waals surface area (Å²) in [5.74, 6) is -2.04. The number of hydrogen-bond acceptors (Lipinski definition) is 3. The van der Waals surface area contributed by atoms with Gasteiger partial charge in [0.05, 0.1) is 0 Å². The number of alkyl halides is 3. The number of hydrogen-bond donors (Lipinski definition) is 1. The van der Waals surface area contributed by atoms with E-state index < -0.39 is 29.4 Å². The van der Waals surface area contributed by atoms with E-state index in [1.165, 1.54) is 19.1 Å². The van der Waals surface area contributed by atoms with Crippen LogP contribution in [0.1, 0.15) is 119 Å². The Morgan fingerprint density at radius 2 is 1.65 bits per heavy atom. The molecule has 0 bridgehead atoms. The number of aromatic amines is 1. The second-order valence-corrected chi connectivity index (χ2v) is 13.8. The molecule has 0 amide bonds. The predicted octanol–water partition coefficient (Wildman–Crippen LogP) is 12.1. The number of pyridine rings is 1. The largest absolute Gasteiger partial charge is 0.412 e. The third kappa shape index (κ3) is 9.32. The standard InChI is InChI=1S/C43H50F4N2O2/c1-8-12-36(32-16-14-27(5)33(24-32)23-30(10-3)40(50)38-25-49-42-37(38)13-11-22-48-42)41(51)35(29(7)31-17-19-34(44)20-18-31)21-15-28(6)39(26(4)9-2)43(45,46)47/h11,13-14,16-20,22,24-26,30,36H,8-10,12,15,21,23H2,1-7H3,(H,48,49)/b35-29-,39-28+. The van der Waals surface area contributed by atoms with E-state index >= 15 is 0 Å². The fourth-order valence-corrected chi connectivity index (χ4v) is 7.11. The Labute approximate surface area is 299 Å². The Balaban J connectivity index is 1.73. The van der Waals surface area contributed by atoms with Crippen molar-refractivity contribution >= 4 is 28.2 Å². The van der Waals surface area contributed by atoms with Crippen LogP contribution in [-0.2, 0) is 11.2 Å². The summed E-state index contributed by atoms with van der Waals surface area (Å²) in [7, 11) is 0. The molecule has 51 heavy (non-hydrogen) atoms. The lowest BCUT2D eigenvalue weighted by Crippen LogP contribution is -2.21. The average Bonchev–Trinajstić information content (AvgIpc) is 3.54. The molecule has 4 rings (SSSR count). The predicted molar refractivity (Wildman–Crippen MR) is 198 cm³/mol. The molecule has 0 fully saturated rings. The van der Waals surface area contributed by atoms with E-state index in [1.54, 1.807) is 45.3 Å². The summed E-state index contributed by atoms with van der Waals surface area (Å²) >= 11 is 0. The Bertz CT molecular complexity index is 1900. The third-order valence-corrected chi connectivity index (χ3v) is 10.4. The molecule has 8 heteroatoms. The second-order valence-electron chi connectivity index (χ2n) is 13.8. The molecule has 0 aliphatic rings. The van der Waals surface area contributed by atoms with Gasteiger partial charge in [0.25, 0.3) is 0 Å². The van der Waals surface area contributed by atoms with Crippen molar-refractivity contribution in [3.63, 3.8) is 0 Å². The van der Waals surface area contributed by atoms with Crippen LogP contribution in [0.5, 0.6) is 0 Å². The summed E-state index contributed by atoms with van der Waals surface area (Å²) in [5, 5.41) is 0.785. The minimum absolute atomic E-state index is 0.0296. The van der Waals surface area contributed by atoms with Crippen molar-refractivity contribution < 1.29 is 27.2 Å². The highest BCUT2D eigenvalue weighted by Crippen LogP contribution is 2.39. The molecule has 4 nitrogen and oxygen atoms in total. The van der Waals surface area contributed by atoms with Gasteiger partial charge in [0, 0.05) is 40.8 Å². The molecular weight excluding hydrogens is 652 g/mol. The molecule has 0 aliphatic carbocycles. The highest BCUT2D eigenvalue weighted by Gasteiger charge is 2.38. The van der Waals surface area contributed by atoms with Crippen LogP contribution in [-0.4, -0.2) is 27.7 Å². The van der Waals surface area contributed by atoms with Crippen molar-refractivity contribution in [3.05, 3.63) is 117 Å². The molecule has 0 spiro atoms. The zero-order chi connectivity index (χ0) is 37.5. The molecule has 3 unspecified atom stereocenters. The first kappa shape index (κ1) is 39.5. The van der Waals surface area contributed by atoms with Gasteiger partial charge in [-0.05, 0) is 123 Å². The number of benzene rings is 2. The fraction of sp³-hybridized carbons (Fsp3) is 0.419. The Morgan fingerprint density at radius 3 is 2.27 bits per heavy atom. The van der Waals surface area contributed by atoms with Crippen molar-refractivity contribution in [2.24, 2.45) is 11.8 Å². The number of aromatic nitrogens is 2. The second kappa shape index (κ2) is 17.3. The minimum Gasteiger partial charge on any atom is -0.345 e. The number of nitrogens with zero attached hydrogens (tertiary/aromatic N) is 1. The number of allylic oxidation sites excluding steroid dienone is 4. The number of aryl methyl sites for hydroxylation is 1. The summed E-state index contributed by atoms with van der Waals surface area (Å²) in [6.45, 7) is 12.6. The van der Waals surface area contributed by atoms with E-state index in [0.29, 0.717) is 60.0 Å². The highest BCUT2D eigenvalue weighted by atomic mass is 19.4. The zero-order valence-corrected chi connectivity index (χ0v) is 30.8. The van der Waals surface area contributed by atoms with Crippen LogP contribution in [0.2, 0.25) is 0 Å². The van der Waals surface area contributed by atoms with Gasteiger partial charge in [-0.25, -0.2) is 9.37 Å². The van der Waals surface area contributed by atoms with Crippen molar-refractivity contribution in [3.8, 4) is 0 Å². The molecule has 0 aliphatic heterocycles. The quantitative estimate of drug-likeness (QED) is 0.0547. The van der Waals surface area contributed by atoms with Gasteiger partial charge in [0.1, 0.15) is 11.5 Å². The van der Waals surface area contributed by atoms with Crippen LogP contribution in [0.3, 0.4) is 0 Å². The normalized spacial score (nSPS) is 14.9. The van der Waals surface area contributed by atoms with Crippen LogP contribution >= 0.6 is 0 Å². The van der Waals surface area contributed by atoms with Crippen molar-refractivity contribution in [1.29, 1.82) is 0 Å². The number of halogens is 4. The lowest BCUT2D eigenvalue weighted by atomic mass is 9.80. The van der Waals surface area contributed by atoms with Crippen molar-refractivity contribution in [1.82, 2.24) is 9.97 Å². The fourth-order valence-electron chi connectivity index (χ4n) is 7.11. The summed E-state index contributed by atoms with van der Waals surface area (Å²) in [6.07, 6.45) is 1.83. The molecule has 2 heterocycles. The Hall–Kier alpha value is -4.33. The zero-order valence-electron chi connectivity index (χ0n) is 30.8. The molecule has 272 valence electrons. The Kier molecular flexibility index (Phi) is 13.4. The molecule has 2 aromatic heterocycles. The minimum atomic E-state index is -4.47. The van der Waals surface area contributed by atoms with E-state index in [-0.39, 0.29) is 35.9 Å². The number of carbonyl (C=O) groups is 2. The summed E-state index contributed by atoms with van der Waals surface area (Å²) < 4.78 is 56.5. The number of H-pyrrole nitrogens is 1. The van der Waals surface area contributed by atoms with Crippen LogP contribution in [0.4, 0.5) is 17.6 Å². The SMILES string of the molecule is CCCC(C(=O)/C(CC/C(C)=C(\C(C)CC)C(F)(F)F)=C(/C)c1ccc(F)cc1)c1ccc(C)c(CC(CC)C(=O)c2c[nH]c3ncccc23)c1. The molecule has 2 aromatic carbocycles. The third-order valence-electron chi connectivity index (χ3n) is 10.4. The van der Waals surface area contributed by atoms with E-state index in [0.717, 1.165) is 22.1 Å². The van der Waals surface area contributed by atoms with Gasteiger partial charge in [-0.3, -0.25) is 9.59 Å². The van der Waals surface area contributed by atoms with Gasteiger partial charge in [0.2, 0.25) is 0 Å². The lowest BCUT2D eigenvalue weighted by molar-refractivity contribution is -0.117. The van der Waals surface area contributed by atoms with E-state index in [9.17, 15) is 27.2 Å². The highest BCUT2D eigenvalue weighted by molar-refractivity contribution is 6.08. The smallest absolute Gasteiger partial charge is 0.345 e. The molecular formula is C43H50F4N2O2. The maximum atomic E-state index is 14.7. The first-order chi connectivity index (χ1) is 24.2. The number of Topliss-reactive ketones (excluding diaryl/α,β-unsaturated/α-hetero) is 2. The van der Waals surface area contributed by atoms with Crippen LogP contribution < -0.4 is 0 Å². The molecule has 0 saturated heterocycles. The van der Waals surface area contributed by atoms with Crippen LogP contribution in [0.15, 0.2) is 83.7 Å². The summed E-state index contributed by atoms with van der Waals surface area (Å²) in [5.41, 5.74) is 5.48. The number of ketones is 2. The Morgan fingerprint density at radius 1 is 0.941 bits per heavy atom. The maximum Gasteiger partial charge on any atom is 0.412 e. The number of nitrogens with one attached hydrogen (secondary N) is 1. The van der Waals surface area contributed by atoms with Gasteiger partial charge in [-0.1, -0.05) is 70.0 Å². The van der Waals surface area contributed by atoms with Gasteiger partial charge in [-0.15, -0.1) is 0 Å². The molecule has 0 radical (unpaired) electrons. The summed E-state index contributed by atoms with van der Waals surface area (Å²) in [6, 6.07) is 15.5. The first-order valence-electron chi connectivity index (χ1n) is 18.0. The van der Waals surface area contributed by atoms with E-state index in [2.05, 4.69) is 9.97 Å². The first-order valence-corrected chi connectivity index (χ1v) is 18.0. The van der Waals surface area contributed by atoms with Gasteiger partial charge in [0.15, 0.2) is 11.6 Å². The van der Waals surface area contributed by atoms with Gasteiger partial charge in [-0.2, -0.15) is 13.2 Å². The molecule has 1 N–H and O–H groups in total. The molecule has 3 atom stereocenters. The number of carbonyl (C=O) groups excluding carboxylic acids is 2. The lowest BCUT2D eigenvalue weighted by Gasteiger charge is -2.24. The maximum absolute atomic E-state index is 14.7. The van der Waals surface area contributed by atoms with Gasteiger partial charge < -0.3 is 4.98 Å². The number of rotatable bonds is 16. The molecule has 0 saturated carbocycles. The average molecular weight is 703 g/mol. The van der Waals surface area contributed by atoms with Crippen LogP contribution in [0.25, 0.3) is 16.6 Å². The summed E-state index contributed by atoms with van der Waals surface area (Å²) in [4.78, 5) is 35.9. The number of fused-ring (bicyclic) bond motifs is 1. The van der Waals surface area contributed by atoms with Gasteiger partial charge >= 0.3 is 6.18 Å². The van der Waals surface area contributed by atoms with Crippen LogP contribution in [0, 0.1) is 24.6 Å². The van der Waals surface area contributed by atoms with Crippen molar-refractivity contribution in [2.45, 2.75) is 106 Å².